The summed E-state index contributed by atoms with van der Waals surface area (Å²) in [5.74, 6) is 0. The fourth-order valence-electron chi connectivity index (χ4n) is 2.07. The average Bonchev–Trinajstić information content (AvgIpc) is 2.05. The number of rotatable bonds is 3. The van der Waals surface area contributed by atoms with Crippen LogP contribution in [-0.4, -0.2) is 37.2 Å². The van der Waals surface area contributed by atoms with Crippen molar-refractivity contribution in [2.24, 2.45) is 0 Å². The molecule has 0 amide bonds. The largest absolute Gasteiger partial charge is 0.383 e. The van der Waals surface area contributed by atoms with E-state index in [0.29, 0.717) is 12.1 Å². The maximum Gasteiger partial charge on any atom is 0.0618 e. The number of likely N-dealkylation sites (tertiary alicyclic amines) is 1. The van der Waals surface area contributed by atoms with Gasteiger partial charge in [-0.2, -0.15) is 0 Å². The number of hydrogen-bond donors (Lipinski definition) is 0. The summed E-state index contributed by atoms with van der Waals surface area (Å²) >= 11 is 0. The third-order valence-corrected chi connectivity index (χ3v) is 2.70. The van der Waals surface area contributed by atoms with Crippen molar-refractivity contribution in [3.8, 4) is 0 Å². The second kappa shape index (κ2) is 4.83. The molecule has 72 valence electrons. The van der Waals surface area contributed by atoms with Gasteiger partial charge in [0.25, 0.3) is 0 Å². The normalized spacial score (nSPS) is 26.5. The van der Waals surface area contributed by atoms with Crippen molar-refractivity contribution in [2.45, 2.75) is 45.2 Å². The van der Waals surface area contributed by atoms with Crippen molar-refractivity contribution < 1.29 is 4.74 Å². The van der Waals surface area contributed by atoms with Crippen molar-refractivity contribution in [2.75, 3.05) is 20.3 Å². The smallest absolute Gasteiger partial charge is 0.0618 e. The van der Waals surface area contributed by atoms with Gasteiger partial charge in [-0.1, -0.05) is 6.42 Å². The summed E-state index contributed by atoms with van der Waals surface area (Å²) in [7, 11) is 1.80. The van der Waals surface area contributed by atoms with E-state index in [9.17, 15) is 0 Å². The van der Waals surface area contributed by atoms with Gasteiger partial charge < -0.3 is 4.74 Å². The first kappa shape index (κ1) is 10.0. The van der Waals surface area contributed by atoms with Gasteiger partial charge in [0.1, 0.15) is 0 Å². The summed E-state index contributed by atoms with van der Waals surface area (Å²) in [5.41, 5.74) is 0. The van der Waals surface area contributed by atoms with E-state index in [0.717, 1.165) is 6.61 Å². The Kier molecular flexibility index (Phi) is 4.02. The molecule has 1 fully saturated rings. The zero-order valence-corrected chi connectivity index (χ0v) is 8.55. The summed E-state index contributed by atoms with van der Waals surface area (Å²) < 4.78 is 5.22. The fraction of sp³-hybridized carbons (Fsp3) is 1.00. The highest BCUT2D eigenvalue weighted by Crippen LogP contribution is 2.19. The zero-order valence-electron chi connectivity index (χ0n) is 8.55. The molecule has 2 heteroatoms. The SMILES string of the molecule is COCC1CCCCN1C(C)C. The minimum atomic E-state index is 0.670. The Balaban J connectivity index is 2.42. The second-order valence-corrected chi connectivity index (χ2v) is 3.94. The van der Waals surface area contributed by atoms with Crippen LogP contribution in [0.15, 0.2) is 0 Å². The highest BCUT2D eigenvalue weighted by Gasteiger charge is 2.23. The lowest BCUT2D eigenvalue weighted by Gasteiger charge is -2.38. The molecule has 0 aromatic rings. The topological polar surface area (TPSA) is 12.5 Å². The number of nitrogens with zero attached hydrogens (tertiary/aromatic N) is 1. The number of methoxy groups -OCH3 is 1. The van der Waals surface area contributed by atoms with Crippen molar-refractivity contribution >= 4 is 0 Å². The monoisotopic (exact) mass is 171 g/mol. The van der Waals surface area contributed by atoms with Crippen LogP contribution in [0.5, 0.6) is 0 Å². The third-order valence-electron chi connectivity index (χ3n) is 2.70. The van der Waals surface area contributed by atoms with Gasteiger partial charge in [0.2, 0.25) is 0 Å². The zero-order chi connectivity index (χ0) is 8.97. The maximum absolute atomic E-state index is 5.22. The molecule has 0 spiro atoms. The van der Waals surface area contributed by atoms with Crippen LogP contribution in [0.2, 0.25) is 0 Å². The molecule has 0 aromatic heterocycles. The van der Waals surface area contributed by atoms with Gasteiger partial charge in [0, 0.05) is 19.2 Å². The third kappa shape index (κ3) is 2.46. The lowest BCUT2D eigenvalue weighted by molar-refractivity contribution is 0.0453. The molecule has 0 radical (unpaired) electrons. The molecule has 0 N–H and O–H groups in total. The lowest BCUT2D eigenvalue weighted by atomic mass is 10.0. The maximum atomic E-state index is 5.22. The van der Waals surface area contributed by atoms with Gasteiger partial charge in [-0.05, 0) is 33.2 Å². The van der Waals surface area contributed by atoms with E-state index in [1.807, 2.05) is 0 Å². The predicted molar refractivity (Wildman–Crippen MR) is 51.4 cm³/mol. The summed E-state index contributed by atoms with van der Waals surface area (Å²) in [6, 6.07) is 1.34. The Hall–Kier alpha value is -0.0800. The van der Waals surface area contributed by atoms with Crippen LogP contribution >= 0.6 is 0 Å². The number of ether oxygens (including phenoxy) is 1. The summed E-state index contributed by atoms with van der Waals surface area (Å²) in [6.45, 7) is 6.70. The molecule has 0 aromatic carbocycles. The molecule has 1 heterocycles. The Morgan fingerprint density at radius 3 is 2.75 bits per heavy atom. The first-order valence-corrected chi connectivity index (χ1v) is 5.00. The van der Waals surface area contributed by atoms with Crippen LogP contribution in [-0.2, 0) is 4.74 Å². The molecular weight excluding hydrogens is 150 g/mol. The van der Waals surface area contributed by atoms with E-state index < -0.39 is 0 Å². The van der Waals surface area contributed by atoms with Crippen molar-refractivity contribution in [1.82, 2.24) is 4.90 Å². The molecule has 1 rings (SSSR count). The number of hydrogen-bond acceptors (Lipinski definition) is 2. The fourth-order valence-corrected chi connectivity index (χ4v) is 2.07. The molecule has 1 unspecified atom stereocenters. The molecule has 1 aliphatic heterocycles. The van der Waals surface area contributed by atoms with E-state index in [4.69, 9.17) is 4.74 Å². The van der Waals surface area contributed by atoms with Crippen molar-refractivity contribution in [3.63, 3.8) is 0 Å². The van der Waals surface area contributed by atoms with Gasteiger partial charge >= 0.3 is 0 Å². The summed E-state index contributed by atoms with van der Waals surface area (Å²) in [4.78, 5) is 2.56. The van der Waals surface area contributed by atoms with Crippen LogP contribution in [0.3, 0.4) is 0 Å². The molecule has 0 saturated carbocycles. The lowest BCUT2D eigenvalue weighted by Crippen LogP contribution is -2.46. The highest BCUT2D eigenvalue weighted by molar-refractivity contribution is 4.78. The Labute approximate surface area is 75.9 Å². The second-order valence-electron chi connectivity index (χ2n) is 3.94. The van der Waals surface area contributed by atoms with E-state index >= 15 is 0 Å². The van der Waals surface area contributed by atoms with Crippen LogP contribution in [0.4, 0.5) is 0 Å². The molecule has 1 atom stereocenters. The first-order valence-electron chi connectivity index (χ1n) is 5.00. The van der Waals surface area contributed by atoms with Gasteiger partial charge in [0.15, 0.2) is 0 Å². The van der Waals surface area contributed by atoms with Gasteiger partial charge in [-0.15, -0.1) is 0 Å². The van der Waals surface area contributed by atoms with Gasteiger partial charge in [-0.25, -0.2) is 0 Å². The van der Waals surface area contributed by atoms with Crippen LogP contribution in [0, 0.1) is 0 Å². The van der Waals surface area contributed by atoms with Crippen LogP contribution < -0.4 is 0 Å². The summed E-state index contributed by atoms with van der Waals surface area (Å²) in [6.07, 6.45) is 4.04. The van der Waals surface area contributed by atoms with Crippen molar-refractivity contribution in [1.29, 1.82) is 0 Å². The minimum absolute atomic E-state index is 0.670. The van der Waals surface area contributed by atoms with E-state index in [2.05, 4.69) is 18.7 Å². The van der Waals surface area contributed by atoms with Crippen LogP contribution in [0.1, 0.15) is 33.1 Å². The quantitative estimate of drug-likeness (QED) is 0.643. The molecule has 1 saturated heterocycles. The summed E-state index contributed by atoms with van der Waals surface area (Å²) in [5, 5.41) is 0. The Bertz CT molecular complexity index is 123. The highest BCUT2D eigenvalue weighted by atomic mass is 16.5. The Morgan fingerprint density at radius 1 is 1.42 bits per heavy atom. The first-order chi connectivity index (χ1) is 5.75. The van der Waals surface area contributed by atoms with E-state index in [1.54, 1.807) is 7.11 Å². The molecular formula is C10H21NO. The molecule has 1 aliphatic rings. The average molecular weight is 171 g/mol. The molecule has 12 heavy (non-hydrogen) atoms. The molecule has 0 aliphatic carbocycles. The predicted octanol–water partition coefficient (Wildman–Crippen LogP) is 1.90. The van der Waals surface area contributed by atoms with E-state index in [-0.39, 0.29) is 0 Å². The minimum Gasteiger partial charge on any atom is -0.383 e. The van der Waals surface area contributed by atoms with E-state index in [1.165, 1.54) is 25.8 Å². The standard InChI is InChI=1S/C10H21NO/c1-9(2)11-7-5-4-6-10(11)8-12-3/h9-10H,4-8H2,1-3H3. The van der Waals surface area contributed by atoms with Crippen LogP contribution in [0.25, 0.3) is 0 Å². The number of piperidine rings is 1. The van der Waals surface area contributed by atoms with Gasteiger partial charge in [0.05, 0.1) is 6.61 Å². The molecule has 2 nitrogen and oxygen atoms in total. The molecule has 0 bridgehead atoms. The Morgan fingerprint density at radius 2 is 2.17 bits per heavy atom. The van der Waals surface area contributed by atoms with Crippen molar-refractivity contribution in [3.05, 3.63) is 0 Å². The van der Waals surface area contributed by atoms with Gasteiger partial charge in [-0.3, -0.25) is 4.90 Å².